The fraction of sp³-hybridized carbons (Fsp3) is 0.192. The molecule has 11 heteroatoms. The van der Waals surface area contributed by atoms with Gasteiger partial charge in [-0.3, -0.25) is 14.5 Å². The zero-order chi connectivity index (χ0) is 26.7. The van der Waals surface area contributed by atoms with Crippen molar-refractivity contribution in [3.05, 3.63) is 88.6 Å². The van der Waals surface area contributed by atoms with Crippen LogP contribution in [0.1, 0.15) is 28.2 Å². The summed E-state index contributed by atoms with van der Waals surface area (Å²) in [5.41, 5.74) is -0.786. The maximum atomic E-state index is 14.7. The molecule has 0 aliphatic heterocycles. The highest BCUT2D eigenvalue weighted by Crippen LogP contribution is 2.43. The fourth-order valence-corrected chi connectivity index (χ4v) is 4.15. The fourth-order valence-electron chi connectivity index (χ4n) is 4.00. The van der Waals surface area contributed by atoms with Crippen LogP contribution < -0.4 is 5.32 Å². The van der Waals surface area contributed by atoms with E-state index in [1.54, 1.807) is 12.1 Å². The Morgan fingerprint density at radius 3 is 2.59 bits per heavy atom. The number of amides is 1. The summed E-state index contributed by atoms with van der Waals surface area (Å²) in [6, 6.07) is 12.7. The van der Waals surface area contributed by atoms with Gasteiger partial charge in [0.1, 0.15) is 17.3 Å². The number of hydrogen-bond donors (Lipinski definition) is 2. The van der Waals surface area contributed by atoms with Crippen molar-refractivity contribution < 1.29 is 27.5 Å². The Kier molecular flexibility index (Phi) is 7.49. The first-order chi connectivity index (χ1) is 17.6. The molecular weight excluding hydrogens is 512 g/mol. The lowest BCUT2D eigenvalue weighted by molar-refractivity contribution is -0.143. The van der Waals surface area contributed by atoms with Crippen molar-refractivity contribution in [3.63, 3.8) is 0 Å². The number of phenols is 1. The number of halogens is 5. The molecule has 0 atom stereocenters. The summed E-state index contributed by atoms with van der Waals surface area (Å²) in [6.45, 7) is 0.251. The van der Waals surface area contributed by atoms with Crippen molar-refractivity contribution in [3.8, 4) is 28.1 Å². The molecule has 2 aromatic carbocycles. The van der Waals surface area contributed by atoms with E-state index in [1.807, 2.05) is 0 Å². The van der Waals surface area contributed by atoms with Gasteiger partial charge in [-0.15, -0.1) is 0 Å². The van der Waals surface area contributed by atoms with E-state index in [0.717, 1.165) is 13.1 Å². The molecule has 0 radical (unpaired) electrons. The van der Waals surface area contributed by atoms with Crippen LogP contribution in [0.2, 0.25) is 5.02 Å². The summed E-state index contributed by atoms with van der Waals surface area (Å²) in [7, 11) is 1.15. The molecule has 0 fully saturated rings. The normalized spacial score (nSPS) is 11.5. The van der Waals surface area contributed by atoms with Crippen LogP contribution in [0.5, 0.6) is 5.75 Å². The van der Waals surface area contributed by atoms with E-state index < -0.39 is 23.6 Å². The minimum Gasteiger partial charge on any atom is -0.507 e. The number of para-hydroxylation sites is 1. The van der Waals surface area contributed by atoms with Crippen LogP contribution in [0.3, 0.4) is 0 Å². The van der Waals surface area contributed by atoms with Crippen LogP contribution in [0.25, 0.3) is 22.4 Å². The van der Waals surface area contributed by atoms with Gasteiger partial charge in [0.05, 0.1) is 5.56 Å². The number of rotatable bonds is 7. The number of carbonyl (C=O) groups excluding carboxylic acids is 1. The summed E-state index contributed by atoms with van der Waals surface area (Å²) in [5, 5.41) is 16.6. The van der Waals surface area contributed by atoms with Crippen LogP contribution in [0.15, 0.2) is 60.8 Å². The topological polar surface area (TPSA) is 80.0 Å². The zero-order valence-electron chi connectivity index (χ0n) is 19.5. The Balaban J connectivity index is 1.59. The number of pyridine rings is 1. The summed E-state index contributed by atoms with van der Waals surface area (Å²) >= 11 is 5.82. The van der Waals surface area contributed by atoms with Crippen LogP contribution in [-0.4, -0.2) is 32.3 Å². The van der Waals surface area contributed by atoms with Gasteiger partial charge >= 0.3 is 6.18 Å². The molecule has 4 rings (SSSR count). The number of benzene rings is 2. The van der Waals surface area contributed by atoms with Crippen LogP contribution >= 0.6 is 11.6 Å². The lowest BCUT2D eigenvalue weighted by atomic mass is 9.98. The Bertz CT molecular complexity index is 1450. The third kappa shape index (κ3) is 5.75. The minimum absolute atomic E-state index is 0.107. The number of hydrogen-bond acceptors (Lipinski definition) is 4. The van der Waals surface area contributed by atoms with Crippen molar-refractivity contribution in [2.45, 2.75) is 19.0 Å². The van der Waals surface area contributed by atoms with E-state index >= 15 is 0 Å². The molecule has 6 nitrogen and oxygen atoms in total. The number of aromatic nitrogens is 3. The third-order valence-electron chi connectivity index (χ3n) is 5.65. The molecule has 4 aromatic rings. The number of aromatic hydroxyl groups is 1. The molecule has 0 spiro atoms. The second-order valence-corrected chi connectivity index (χ2v) is 8.67. The van der Waals surface area contributed by atoms with E-state index in [1.165, 1.54) is 42.6 Å². The van der Waals surface area contributed by atoms with Gasteiger partial charge in [0, 0.05) is 41.6 Å². The van der Waals surface area contributed by atoms with Crippen LogP contribution in [-0.2, 0) is 19.6 Å². The molecule has 1 amide bonds. The van der Waals surface area contributed by atoms with Gasteiger partial charge in [0.25, 0.3) is 5.91 Å². The van der Waals surface area contributed by atoms with Gasteiger partial charge < -0.3 is 10.4 Å². The summed E-state index contributed by atoms with van der Waals surface area (Å²) < 4.78 is 57.5. The molecule has 2 heterocycles. The maximum absolute atomic E-state index is 14.7. The lowest BCUT2D eigenvalue weighted by Gasteiger charge is -2.12. The first-order valence-electron chi connectivity index (χ1n) is 11.2. The van der Waals surface area contributed by atoms with E-state index in [0.29, 0.717) is 23.2 Å². The van der Waals surface area contributed by atoms with Gasteiger partial charge in [-0.05, 0) is 60.9 Å². The van der Waals surface area contributed by atoms with Gasteiger partial charge in [-0.1, -0.05) is 23.7 Å². The number of carbonyl (C=O) groups is 1. The monoisotopic (exact) mass is 532 g/mol. The molecular formula is C26H21ClF4N4O2. The standard InChI is InChI=1S/C26H21ClF4N4O2/c1-35-24(26(29,30)31)22(23(34-35)18-9-8-16(27)14-20(18)28)15-10-12-32-17(13-15)5-4-11-33-25(37)19-6-2-3-7-21(19)36/h2-3,6-10,12-14,36H,4-5,11H2,1H3,(H,33,37). The highest BCUT2D eigenvalue weighted by atomic mass is 35.5. The summed E-state index contributed by atoms with van der Waals surface area (Å²) in [5.74, 6) is -1.38. The number of phenolic OH excluding ortho intramolecular Hbond substituents is 1. The molecule has 2 N–H and O–H groups in total. The Labute approximate surface area is 214 Å². The average Bonchev–Trinajstić information content (AvgIpc) is 3.19. The quantitative estimate of drug-likeness (QED) is 0.225. The van der Waals surface area contributed by atoms with E-state index in [-0.39, 0.29) is 45.3 Å². The van der Waals surface area contributed by atoms with E-state index in [2.05, 4.69) is 15.4 Å². The predicted octanol–water partition coefficient (Wildman–Crippen LogP) is 6.03. The largest absolute Gasteiger partial charge is 0.507 e. The molecule has 37 heavy (non-hydrogen) atoms. The smallest absolute Gasteiger partial charge is 0.433 e. The van der Waals surface area contributed by atoms with E-state index in [4.69, 9.17) is 11.6 Å². The second kappa shape index (κ2) is 10.6. The number of nitrogens with zero attached hydrogens (tertiary/aromatic N) is 3. The number of alkyl halides is 3. The molecule has 0 saturated carbocycles. The van der Waals surface area contributed by atoms with Gasteiger partial charge in [0.15, 0.2) is 5.69 Å². The summed E-state index contributed by atoms with van der Waals surface area (Å²) in [6.07, 6.45) is -2.59. The number of aryl methyl sites for hydroxylation is 2. The Morgan fingerprint density at radius 2 is 1.89 bits per heavy atom. The predicted molar refractivity (Wildman–Crippen MR) is 131 cm³/mol. The van der Waals surface area contributed by atoms with E-state index in [9.17, 15) is 27.5 Å². The molecule has 0 unspecified atom stereocenters. The molecule has 0 bridgehead atoms. The maximum Gasteiger partial charge on any atom is 0.433 e. The second-order valence-electron chi connectivity index (χ2n) is 8.23. The average molecular weight is 533 g/mol. The highest BCUT2D eigenvalue weighted by Gasteiger charge is 2.40. The molecule has 192 valence electrons. The van der Waals surface area contributed by atoms with Gasteiger partial charge in [-0.2, -0.15) is 18.3 Å². The molecule has 0 saturated heterocycles. The van der Waals surface area contributed by atoms with Crippen molar-refractivity contribution in [2.24, 2.45) is 7.05 Å². The van der Waals surface area contributed by atoms with Crippen molar-refractivity contribution in [2.75, 3.05) is 6.54 Å². The van der Waals surface area contributed by atoms with Crippen molar-refractivity contribution in [1.29, 1.82) is 0 Å². The molecule has 0 aliphatic carbocycles. The van der Waals surface area contributed by atoms with Crippen LogP contribution in [0, 0.1) is 5.82 Å². The van der Waals surface area contributed by atoms with Crippen LogP contribution in [0.4, 0.5) is 17.6 Å². The zero-order valence-corrected chi connectivity index (χ0v) is 20.2. The SMILES string of the molecule is Cn1nc(-c2ccc(Cl)cc2F)c(-c2ccnc(CCCNC(=O)c3ccccc3O)c2)c1C(F)(F)F. The molecule has 0 aliphatic rings. The highest BCUT2D eigenvalue weighted by molar-refractivity contribution is 6.30. The third-order valence-corrected chi connectivity index (χ3v) is 5.89. The lowest BCUT2D eigenvalue weighted by Crippen LogP contribution is -2.24. The first kappa shape index (κ1) is 26.2. The molecule has 2 aromatic heterocycles. The number of nitrogens with one attached hydrogen (secondary N) is 1. The van der Waals surface area contributed by atoms with Crippen molar-refractivity contribution >= 4 is 17.5 Å². The Hall–Kier alpha value is -3.92. The van der Waals surface area contributed by atoms with Gasteiger partial charge in [0.2, 0.25) is 0 Å². The minimum atomic E-state index is -4.76. The van der Waals surface area contributed by atoms with Gasteiger partial charge in [-0.25, -0.2) is 4.39 Å². The first-order valence-corrected chi connectivity index (χ1v) is 11.5. The van der Waals surface area contributed by atoms with Crippen molar-refractivity contribution in [1.82, 2.24) is 20.1 Å². The Morgan fingerprint density at radius 1 is 1.14 bits per heavy atom. The summed E-state index contributed by atoms with van der Waals surface area (Å²) in [4.78, 5) is 16.5.